The number of unbranched alkanes of at least 4 members (excludes halogenated alkanes) is 1. The molecule has 0 spiro atoms. The zero-order valence-electron chi connectivity index (χ0n) is 13.2. The highest BCUT2D eigenvalue weighted by Gasteiger charge is 2.27. The lowest BCUT2D eigenvalue weighted by Gasteiger charge is -2.35. The molecule has 4 heteroatoms. The maximum absolute atomic E-state index is 12.1. The van der Waals surface area contributed by atoms with Crippen LogP contribution in [-0.4, -0.2) is 49.1 Å². The van der Waals surface area contributed by atoms with Gasteiger partial charge in [0.1, 0.15) is 0 Å². The second-order valence-corrected chi connectivity index (χ2v) is 6.48. The van der Waals surface area contributed by atoms with Crippen LogP contribution in [0.25, 0.3) is 0 Å². The fraction of sp³-hybridized carbons (Fsp3) is 0.938. The van der Waals surface area contributed by atoms with Crippen LogP contribution >= 0.6 is 0 Å². The Morgan fingerprint density at radius 3 is 2.55 bits per heavy atom. The Morgan fingerprint density at radius 2 is 1.95 bits per heavy atom. The average molecular weight is 281 g/mol. The van der Waals surface area contributed by atoms with Gasteiger partial charge in [-0.25, -0.2) is 0 Å². The minimum atomic E-state index is 0.0243. The smallest absolute Gasteiger partial charge is 0.237 e. The molecule has 1 unspecified atom stereocenters. The Labute approximate surface area is 123 Å². The highest BCUT2D eigenvalue weighted by Crippen LogP contribution is 2.28. The van der Waals surface area contributed by atoms with Gasteiger partial charge in [0.15, 0.2) is 0 Å². The van der Waals surface area contributed by atoms with Crippen molar-refractivity contribution in [3.8, 4) is 0 Å². The summed E-state index contributed by atoms with van der Waals surface area (Å²) in [5.41, 5.74) is 0. The van der Waals surface area contributed by atoms with Crippen LogP contribution in [0.1, 0.15) is 52.4 Å². The average Bonchev–Trinajstić information content (AvgIpc) is 3.29. The summed E-state index contributed by atoms with van der Waals surface area (Å²) in [6, 6.07) is 0.693. The summed E-state index contributed by atoms with van der Waals surface area (Å²) in [4.78, 5) is 14.4. The monoisotopic (exact) mass is 281 g/mol. The van der Waals surface area contributed by atoms with Gasteiger partial charge in [0.2, 0.25) is 5.91 Å². The third-order valence-corrected chi connectivity index (χ3v) is 4.68. The predicted octanol–water partition coefficient (Wildman–Crippen LogP) is 1.76. The van der Waals surface area contributed by atoms with Crippen molar-refractivity contribution >= 4 is 5.91 Å². The molecule has 2 rings (SSSR count). The van der Waals surface area contributed by atoms with Gasteiger partial charge in [0.05, 0.1) is 6.04 Å². The Morgan fingerprint density at radius 1 is 1.25 bits per heavy atom. The molecule has 0 aromatic rings. The fourth-order valence-electron chi connectivity index (χ4n) is 2.85. The van der Waals surface area contributed by atoms with Gasteiger partial charge >= 0.3 is 0 Å². The number of nitrogens with zero attached hydrogens (tertiary/aromatic N) is 1. The van der Waals surface area contributed by atoms with E-state index in [0.29, 0.717) is 6.04 Å². The van der Waals surface area contributed by atoms with E-state index in [1.54, 1.807) is 0 Å². The molecule has 2 fully saturated rings. The molecule has 0 aromatic heterocycles. The van der Waals surface area contributed by atoms with Crippen LogP contribution in [-0.2, 0) is 4.79 Å². The molecular formula is C16H31N3O. The van der Waals surface area contributed by atoms with Crippen molar-refractivity contribution in [2.45, 2.75) is 64.5 Å². The molecule has 116 valence electrons. The molecule has 2 N–H and O–H groups in total. The second kappa shape index (κ2) is 7.99. The largest absolute Gasteiger partial charge is 0.355 e. The van der Waals surface area contributed by atoms with E-state index in [0.717, 1.165) is 38.4 Å². The van der Waals surface area contributed by atoms with Crippen molar-refractivity contribution in [2.75, 3.05) is 26.2 Å². The first-order valence-electron chi connectivity index (χ1n) is 8.45. The Kier molecular flexibility index (Phi) is 6.30. The molecule has 1 saturated carbocycles. The van der Waals surface area contributed by atoms with Crippen LogP contribution in [0.15, 0.2) is 0 Å². The summed E-state index contributed by atoms with van der Waals surface area (Å²) in [6.45, 7) is 8.31. The molecule has 1 atom stereocenters. The lowest BCUT2D eigenvalue weighted by atomic mass is 10.0. The molecule has 1 heterocycles. The molecule has 1 aliphatic heterocycles. The van der Waals surface area contributed by atoms with E-state index in [4.69, 9.17) is 0 Å². The van der Waals surface area contributed by atoms with Crippen molar-refractivity contribution in [3.63, 3.8) is 0 Å². The van der Waals surface area contributed by atoms with Crippen molar-refractivity contribution < 1.29 is 4.79 Å². The number of piperidine rings is 1. The predicted molar refractivity (Wildman–Crippen MR) is 82.7 cm³/mol. The summed E-state index contributed by atoms with van der Waals surface area (Å²) in [7, 11) is 0. The Bertz CT molecular complexity index is 296. The minimum Gasteiger partial charge on any atom is -0.355 e. The first-order valence-corrected chi connectivity index (χ1v) is 8.45. The summed E-state index contributed by atoms with van der Waals surface area (Å²) < 4.78 is 0. The molecule has 1 saturated heterocycles. The van der Waals surface area contributed by atoms with Gasteiger partial charge in [-0.3, -0.25) is 9.69 Å². The minimum absolute atomic E-state index is 0.0243. The van der Waals surface area contributed by atoms with Crippen molar-refractivity contribution in [1.82, 2.24) is 15.5 Å². The summed E-state index contributed by atoms with van der Waals surface area (Å²) in [6.07, 6.45) is 7.40. The van der Waals surface area contributed by atoms with Gasteiger partial charge in [0.25, 0.3) is 0 Å². The van der Waals surface area contributed by atoms with Crippen molar-refractivity contribution in [3.05, 3.63) is 0 Å². The first kappa shape index (κ1) is 15.8. The number of nitrogens with one attached hydrogen (secondary N) is 2. The van der Waals surface area contributed by atoms with Crippen LogP contribution in [0.4, 0.5) is 0 Å². The van der Waals surface area contributed by atoms with E-state index < -0.39 is 0 Å². The van der Waals surface area contributed by atoms with Crippen LogP contribution in [0.2, 0.25) is 0 Å². The van der Waals surface area contributed by atoms with E-state index in [1.807, 2.05) is 6.92 Å². The van der Waals surface area contributed by atoms with Gasteiger partial charge in [-0.15, -0.1) is 0 Å². The second-order valence-electron chi connectivity index (χ2n) is 6.48. The van der Waals surface area contributed by atoms with E-state index in [9.17, 15) is 4.79 Å². The summed E-state index contributed by atoms with van der Waals surface area (Å²) in [5, 5.41) is 6.73. The maximum atomic E-state index is 12.1. The van der Waals surface area contributed by atoms with E-state index in [-0.39, 0.29) is 11.9 Å². The van der Waals surface area contributed by atoms with Crippen LogP contribution in [0.3, 0.4) is 0 Å². The standard InChI is InChI=1S/C16H31N3O/c1-3-4-9-17-16(20)13(2)19-10-7-15(8-11-19)18-12-14-5-6-14/h13-15,18H,3-12H2,1-2H3,(H,17,20). The van der Waals surface area contributed by atoms with Crippen molar-refractivity contribution in [1.29, 1.82) is 0 Å². The number of hydrogen-bond donors (Lipinski definition) is 2. The zero-order chi connectivity index (χ0) is 14.4. The number of carbonyl (C=O) groups is 1. The van der Waals surface area contributed by atoms with E-state index >= 15 is 0 Å². The van der Waals surface area contributed by atoms with Gasteiger partial charge < -0.3 is 10.6 Å². The number of hydrogen-bond acceptors (Lipinski definition) is 3. The van der Waals surface area contributed by atoms with Crippen LogP contribution in [0, 0.1) is 5.92 Å². The molecule has 0 radical (unpaired) electrons. The third kappa shape index (κ3) is 5.06. The number of likely N-dealkylation sites (tertiary alicyclic amines) is 1. The third-order valence-electron chi connectivity index (χ3n) is 4.68. The molecule has 2 aliphatic rings. The zero-order valence-corrected chi connectivity index (χ0v) is 13.2. The molecular weight excluding hydrogens is 250 g/mol. The highest BCUT2D eigenvalue weighted by atomic mass is 16.2. The molecule has 0 aromatic carbocycles. The Hall–Kier alpha value is -0.610. The van der Waals surface area contributed by atoms with Gasteiger partial charge in [-0.1, -0.05) is 13.3 Å². The summed E-state index contributed by atoms with van der Waals surface area (Å²) >= 11 is 0. The van der Waals surface area contributed by atoms with Gasteiger partial charge in [-0.2, -0.15) is 0 Å². The molecule has 20 heavy (non-hydrogen) atoms. The molecule has 4 nitrogen and oxygen atoms in total. The first-order chi connectivity index (χ1) is 9.70. The number of carbonyl (C=O) groups excluding carboxylic acids is 1. The summed E-state index contributed by atoms with van der Waals surface area (Å²) in [5.74, 6) is 1.15. The number of amides is 1. The molecule has 1 aliphatic carbocycles. The van der Waals surface area contributed by atoms with Crippen LogP contribution < -0.4 is 10.6 Å². The SMILES string of the molecule is CCCCNC(=O)C(C)N1CCC(NCC2CC2)CC1. The van der Waals surface area contributed by atoms with Crippen molar-refractivity contribution in [2.24, 2.45) is 5.92 Å². The van der Waals surface area contributed by atoms with E-state index in [1.165, 1.54) is 32.2 Å². The molecule has 1 amide bonds. The lowest BCUT2D eigenvalue weighted by Crippen LogP contribution is -2.51. The van der Waals surface area contributed by atoms with Gasteiger partial charge in [0, 0.05) is 25.7 Å². The van der Waals surface area contributed by atoms with E-state index in [2.05, 4.69) is 22.5 Å². The normalized spacial score (nSPS) is 22.7. The number of rotatable bonds is 8. The van der Waals surface area contributed by atoms with Gasteiger partial charge in [-0.05, 0) is 51.5 Å². The fourth-order valence-corrected chi connectivity index (χ4v) is 2.85. The topological polar surface area (TPSA) is 44.4 Å². The maximum Gasteiger partial charge on any atom is 0.237 e. The van der Waals surface area contributed by atoms with Crippen LogP contribution in [0.5, 0.6) is 0 Å². The quantitative estimate of drug-likeness (QED) is 0.666. The highest BCUT2D eigenvalue weighted by molar-refractivity contribution is 5.81. The molecule has 0 bridgehead atoms. The lowest BCUT2D eigenvalue weighted by molar-refractivity contribution is -0.126. The Balaban J connectivity index is 1.62.